The van der Waals surface area contributed by atoms with E-state index >= 15 is 4.79 Å². The molecule has 0 radical (unpaired) electrons. The third-order valence-corrected chi connectivity index (χ3v) is 16.4. The Bertz CT molecular complexity index is 3390. The summed E-state index contributed by atoms with van der Waals surface area (Å²) in [4.78, 5) is 164. The number of nitrogens with one attached hydrogen (secondary N) is 15. The van der Waals surface area contributed by atoms with Gasteiger partial charge in [0.2, 0.25) is 53.2 Å². The largest absolute Gasteiger partial charge is 0.508 e. The molecule has 11 atom stereocenters. The van der Waals surface area contributed by atoms with Crippen molar-refractivity contribution in [1.82, 2.24) is 73.4 Å². The van der Waals surface area contributed by atoms with Gasteiger partial charge in [-0.05, 0) is 139 Å². The fourth-order valence-corrected chi connectivity index (χ4v) is 10.8. The molecule has 2 aromatic heterocycles. The zero-order valence-corrected chi connectivity index (χ0v) is 57.2. The highest BCUT2D eigenvalue weighted by atomic mass is 16.4. The van der Waals surface area contributed by atoms with Crippen LogP contribution in [0.25, 0.3) is 10.9 Å². The monoisotopic (exact) mass is 1430 g/mol. The van der Waals surface area contributed by atoms with Crippen molar-refractivity contribution in [1.29, 1.82) is 10.8 Å². The van der Waals surface area contributed by atoms with E-state index < -0.39 is 150 Å². The number of benzene rings is 2. The minimum atomic E-state index is -1.84. The number of fused-ring (bicyclic) bond motifs is 1. The summed E-state index contributed by atoms with van der Waals surface area (Å²) >= 11 is 0. The normalized spacial score (nSPS) is 14.4. The van der Waals surface area contributed by atoms with E-state index in [1.807, 2.05) is 0 Å². The predicted octanol–water partition coefficient (Wildman–Crippen LogP) is -4.44. The lowest BCUT2D eigenvalue weighted by atomic mass is 10.0. The Morgan fingerprint density at radius 2 is 0.912 bits per heavy atom. The number of carbonyl (C=O) groups is 11. The highest BCUT2D eigenvalue weighted by molar-refractivity contribution is 5.99. The number of aliphatic hydroxyl groups is 1. The van der Waals surface area contributed by atoms with Gasteiger partial charge in [-0.1, -0.05) is 36.8 Å². The molecule has 4 aromatic rings. The quantitative estimate of drug-likeness (QED) is 0.0113. The van der Waals surface area contributed by atoms with Gasteiger partial charge in [-0.15, -0.1) is 0 Å². The molecule has 562 valence electrons. The molecule has 2 aromatic carbocycles. The standard InChI is InChI=1S/C65H102N22O15/c1-36(88)53(63(101)102)87-62(100)49(30-37-19-21-40(89)22-20-37)84-58(96)47(18-11-29-76-65(72)73)81-59(97)48(23-24-52(90)91)83-56(94)44(15-5-8-26-67)80-55(93)45(16-6-9-27-68)82-61(99)51(32-39-34-74-35-78-39)86-60(98)50(31-38-33-77-43-14-3-2-12-41(38)43)85-57(95)46(17-10-28-75-64(70)71)79-54(92)42(69)13-4-7-25-66/h2-3,12,14,19-22,33-36,42,44-51,53,77,88-89H,4-11,13,15-18,23-32,66-69H2,1H3,(H,74,78)(H,79,92)(H,80,93)(H,81,97)(H,82,99)(H,83,94)(H,84,96)(H,85,95)(H,86,98)(H,87,100)(H,90,91)(H,101,102)(H4,70,71,75)(H4,72,73,76)/t36-,42+,44-,45-,46-,47+,48+,49-,50+,51+,53+/m1/s1. The number of imidazole rings is 1. The van der Waals surface area contributed by atoms with Gasteiger partial charge < -0.3 is 123 Å². The SMILES string of the molecule is C[C@@H](O)[C@H](NC(=O)[C@@H](Cc1ccc(O)cc1)NC(=O)[C@H](CCCNC(=N)N)NC(=O)[C@H](CCC(=O)O)NC(=O)[C@@H](CCCCN)NC(=O)[C@@H](CCCCN)NC(=O)[C@H](Cc1c[nH]cn1)NC(=O)[C@H](Cc1c[nH]c2ccccc12)NC(=O)[C@@H](CCCNC(=N)N)NC(=O)[C@@H](N)CCCCN)C(=O)O. The van der Waals surface area contributed by atoms with Crippen LogP contribution in [0.2, 0.25) is 0 Å². The van der Waals surface area contributed by atoms with Gasteiger partial charge in [0.1, 0.15) is 54.1 Å². The molecular formula is C65H102N22O15. The highest BCUT2D eigenvalue weighted by Gasteiger charge is 2.37. The Morgan fingerprint density at radius 1 is 0.500 bits per heavy atom. The number of hydrogen-bond donors (Lipinski definition) is 25. The Balaban J connectivity index is 1.69. The van der Waals surface area contributed by atoms with E-state index in [1.165, 1.54) is 36.8 Å². The van der Waals surface area contributed by atoms with E-state index in [1.54, 1.807) is 30.5 Å². The maximum atomic E-state index is 15.0. The number of phenols is 1. The van der Waals surface area contributed by atoms with Gasteiger partial charge in [0.15, 0.2) is 18.0 Å². The number of rotatable bonds is 49. The average Bonchev–Trinajstić information content (AvgIpc) is 1.64. The van der Waals surface area contributed by atoms with Crippen molar-refractivity contribution in [3.05, 3.63) is 84.1 Å². The number of hydrogen-bond acceptors (Lipinski definition) is 20. The van der Waals surface area contributed by atoms with Crippen molar-refractivity contribution < 1.29 is 73.2 Å². The Hall–Kier alpha value is -10.5. The van der Waals surface area contributed by atoms with Crippen LogP contribution in [0.4, 0.5) is 0 Å². The summed E-state index contributed by atoms with van der Waals surface area (Å²) < 4.78 is 0. The molecule has 0 aliphatic rings. The second kappa shape index (κ2) is 44.6. The van der Waals surface area contributed by atoms with Crippen LogP contribution in [-0.2, 0) is 72.0 Å². The molecule has 0 saturated heterocycles. The molecule has 31 N–H and O–H groups in total. The highest BCUT2D eigenvalue weighted by Crippen LogP contribution is 2.21. The molecule has 0 fully saturated rings. The van der Waals surface area contributed by atoms with Crippen LogP contribution in [0, 0.1) is 10.8 Å². The van der Waals surface area contributed by atoms with E-state index in [9.17, 15) is 68.4 Å². The number of aromatic amines is 2. The molecule has 9 amide bonds. The summed E-state index contributed by atoms with van der Waals surface area (Å²) in [5.74, 6) is -12.3. The number of H-pyrrole nitrogens is 2. The van der Waals surface area contributed by atoms with E-state index in [0.717, 1.165) is 6.92 Å². The summed E-state index contributed by atoms with van der Waals surface area (Å²) in [7, 11) is 0. The number of carbonyl (C=O) groups excluding carboxylic acids is 9. The maximum Gasteiger partial charge on any atom is 0.328 e. The molecular weight excluding hydrogens is 1330 g/mol. The number of nitrogens with two attached hydrogens (primary N) is 6. The van der Waals surface area contributed by atoms with Gasteiger partial charge in [-0.3, -0.25) is 58.8 Å². The molecule has 37 nitrogen and oxygen atoms in total. The second-order valence-electron chi connectivity index (χ2n) is 24.6. The van der Waals surface area contributed by atoms with Crippen molar-refractivity contribution >= 4 is 87.9 Å². The number of nitrogens with zero attached hydrogens (tertiary/aromatic N) is 1. The van der Waals surface area contributed by atoms with E-state index in [4.69, 9.17) is 45.2 Å². The molecule has 0 spiro atoms. The number of guanidine groups is 2. The van der Waals surface area contributed by atoms with Gasteiger partial charge in [-0.25, -0.2) is 9.78 Å². The number of aliphatic carboxylic acids is 2. The van der Waals surface area contributed by atoms with E-state index in [2.05, 4.69) is 73.4 Å². The van der Waals surface area contributed by atoms with Crippen LogP contribution < -0.4 is 92.9 Å². The maximum absolute atomic E-state index is 15.0. The minimum absolute atomic E-state index is 0.00391. The van der Waals surface area contributed by atoms with Crippen molar-refractivity contribution in [2.75, 3.05) is 32.7 Å². The summed E-state index contributed by atoms with van der Waals surface area (Å²) in [6.45, 7) is 1.92. The number of aromatic hydroxyl groups is 1. The van der Waals surface area contributed by atoms with E-state index in [0.29, 0.717) is 54.3 Å². The smallest absolute Gasteiger partial charge is 0.328 e. The first-order chi connectivity index (χ1) is 48.6. The Morgan fingerprint density at radius 3 is 1.35 bits per heavy atom. The molecule has 37 heteroatoms. The number of amides is 9. The zero-order valence-electron chi connectivity index (χ0n) is 57.2. The number of para-hydroxylation sites is 1. The number of unbranched alkanes of at least 4 members (excludes halogenated alkanes) is 3. The molecule has 4 rings (SSSR count). The second-order valence-corrected chi connectivity index (χ2v) is 24.6. The summed E-state index contributed by atoms with van der Waals surface area (Å²) in [6.07, 6.45) is 3.02. The molecule has 0 aliphatic carbocycles. The van der Waals surface area contributed by atoms with Crippen LogP contribution in [0.3, 0.4) is 0 Å². The molecule has 0 saturated carbocycles. The fourth-order valence-electron chi connectivity index (χ4n) is 10.8. The van der Waals surface area contributed by atoms with Gasteiger partial charge >= 0.3 is 11.9 Å². The summed E-state index contributed by atoms with van der Waals surface area (Å²) in [6, 6.07) is -2.46. The van der Waals surface area contributed by atoms with Crippen LogP contribution in [0.5, 0.6) is 5.75 Å². The fraction of sp³-hybridized carbons (Fsp3) is 0.538. The molecule has 0 bridgehead atoms. The van der Waals surface area contributed by atoms with Crippen molar-refractivity contribution in [3.63, 3.8) is 0 Å². The van der Waals surface area contributed by atoms with Gasteiger partial charge in [0.05, 0.1) is 24.2 Å². The van der Waals surface area contributed by atoms with Crippen LogP contribution >= 0.6 is 0 Å². The van der Waals surface area contributed by atoms with Gasteiger partial charge in [0, 0.05) is 62.1 Å². The molecule has 2 heterocycles. The van der Waals surface area contributed by atoms with Crippen molar-refractivity contribution in [2.45, 2.75) is 189 Å². The number of aromatic nitrogens is 3. The van der Waals surface area contributed by atoms with Crippen LogP contribution in [0.1, 0.15) is 120 Å². The molecule has 0 aliphatic heterocycles. The first-order valence-electron chi connectivity index (χ1n) is 33.8. The third kappa shape index (κ3) is 30.1. The summed E-state index contributed by atoms with van der Waals surface area (Å²) in [5, 5.41) is 84.2. The molecule has 0 unspecified atom stereocenters. The van der Waals surface area contributed by atoms with Crippen LogP contribution in [0.15, 0.2) is 67.3 Å². The first-order valence-corrected chi connectivity index (χ1v) is 33.8. The van der Waals surface area contributed by atoms with Crippen molar-refractivity contribution in [2.24, 2.45) is 34.4 Å². The number of phenolic OH excluding ortho intramolecular Hbond substituents is 1. The molecule has 102 heavy (non-hydrogen) atoms. The van der Waals surface area contributed by atoms with Gasteiger partial charge in [0.25, 0.3) is 0 Å². The number of carboxylic acid groups (broad SMARTS) is 2. The predicted molar refractivity (Wildman–Crippen MR) is 375 cm³/mol. The van der Waals surface area contributed by atoms with Crippen molar-refractivity contribution in [3.8, 4) is 5.75 Å². The third-order valence-electron chi connectivity index (χ3n) is 16.4. The lowest BCUT2D eigenvalue weighted by molar-refractivity contribution is -0.145. The Labute approximate surface area is 589 Å². The van der Waals surface area contributed by atoms with Gasteiger partial charge in [-0.2, -0.15) is 0 Å². The Kier molecular flexibility index (Phi) is 36.7. The average molecular weight is 1430 g/mol. The first kappa shape index (κ1) is 83.9. The van der Waals surface area contributed by atoms with Crippen LogP contribution in [-0.4, -0.2) is 212 Å². The zero-order chi connectivity index (χ0) is 75.3. The summed E-state index contributed by atoms with van der Waals surface area (Å²) in [5.41, 5.74) is 36.5. The lowest BCUT2D eigenvalue weighted by Crippen LogP contribution is -2.61. The minimum Gasteiger partial charge on any atom is -0.508 e. The number of aliphatic hydroxyl groups excluding tert-OH is 1. The lowest BCUT2D eigenvalue weighted by Gasteiger charge is -2.28. The number of carboxylic acids is 2. The topological polar surface area (TPSA) is 649 Å². The van der Waals surface area contributed by atoms with E-state index in [-0.39, 0.29) is 121 Å².